The highest BCUT2D eigenvalue weighted by Gasteiger charge is 2.25. The van der Waals surface area contributed by atoms with Gasteiger partial charge in [0.05, 0.1) is 24.2 Å². The summed E-state index contributed by atoms with van der Waals surface area (Å²) in [6.45, 7) is 5.65. The molecule has 178 valence electrons. The second kappa shape index (κ2) is 9.17. The van der Waals surface area contributed by atoms with Crippen molar-refractivity contribution >= 4 is 28.5 Å². The summed E-state index contributed by atoms with van der Waals surface area (Å²) in [5, 5.41) is 18.5. The Balaban J connectivity index is 1.92. The zero-order chi connectivity index (χ0) is 24.7. The average molecular weight is 485 g/mol. The van der Waals surface area contributed by atoms with Gasteiger partial charge in [0.15, 0.2) is 5.65 Å². The SMILES string of the molecule is CNC(O)c1ccc(-c2c(C)c(Cl)cc(C(C)n3nc(C)c4c(N)ncnc43)c2OC)cc1F. The highest BCUT2D eigenvalue weighted by molar-refractivity contribution is 6.32. The molecule has 4 rings (SSSR count). The van der Waals surface area contributed by atoms with E-state index in [0.29, 0.717) is 44.4 Å². The number of benzene rings is 2. The standard InChI is InChI=1S/C24H26ClFN6O2/c1-11-17(25)9-16(13(3)32-23-20(12(2)31-32)22(27)29-10-30-23)21(34-5)19(11)14-6-7-15(18(26)8-14)24(33)28-4/h6-10,13,24,28,33H,1-5H3,(H2,27,29,30). The van der Waals surface area contributed by atoms with Crippen LogP contribution in [0.25, 0.3) is 22.2 Å². The van der Waals surface area contributed by atoms with E-state index >= 15 is 0 Å². The number of nitrogens with zero attached hydrogens (tertiary/aromatic N) is 4. The number of methoxy groups -OCH3 is 1. The van der Waals surface area contributed by atoms with Crippen LogP contribution in [0.5, 0.6) is 5.75 Å². The number of nitrogens with one attached hydrogen (secondary N) is 1. The van der Waals surface area contributed by atoms with Crippen molar-refractivity contribution in [1.82, 2.24) is 25.1 Å². The molecule has 0 radical (unpaired) electrons. The number of rotatable bonds is 6. The van der Waals surface area contributed by atoms with Gasteiger partial charge in [0.25, 0.3) is 0 Å². The number of ether oxygens (including phenoxy) is 1. The van der Waals surface area contributed by atoms with Crippen LogP contribution in [0.15, 0.2) is 30.6 Å². The molecule has 0 fully saturated rings. The van der Waals surface area contributed by atoms with E-state index in [1.807, 2.05) is 26.8 Å². The zero-order valence-electron chi connectivity index (χ0n) is 19.5. The maximum atomic E-state index is 14.9. The molecule has 0 aliphatic rings. The lowest BCUT2D eigenvalue weighted by Gasteiger charge is -2.22. The summed E-state index contributed by atoms with van der Waals surface area (Å²) in [4.78, 5) is 8.46. The first-order chi connectivity index (χ1) is 16.2. The maximum Gasteiger partial charge on any atom is 0.164 e. The quantitative estimate of drug-likeness (QED) is 0.349. The Morgan fingerprint density at radius 2 is 1.94 bits per heavy atom. The Bertz CT molecular complexity index is 1390. The van der Waals surface area contributed by atoms with Crippen molar-refractivity contribution in [2.45, 2.75) is 33.0 Å². The van der Waals surface area contributed by atoms with E-state index in [2.05, 4.69) is 20.4 Å². The van der Waals surface area contributed by atoms with Crippen LogP contribution in [0.4, 0.5) is 10.2 Å². The van der Waals surface area contributed by atoms with E-state index in [9.17, 15) is 9.50 Å². The van der Waals surface area contributed by atoms with Gasteiger partial charge in [0, 0.05) is 21.7 Å². The Morgan fingerprint density at radius 1 is 1.21 bits per heavy atom. The third-order valence-electron chi connectivity index (χ3n) is 6.08. The van der Waals surface area contributed by atoms with Crippen molar-refractivity contribution in [2.75, 3.05) is 19.9 Å². The summed E-state index contributed by atoms with van der Waals surface area (Å²) in [5.41, 5.74) is 10.2. The van der Waals surface area contributed by atoms with Gasteiger partial charge in [-0.05, 0) is 51.1 Å². The van der Waals surface area contributed by atoms with Crippen LogP contribution in [0.1, 0.15) is 41.6 Å². The molecule has 0 aliphatic heterocycles. The van der Waals surface area contributed by atoms with Gasteiger partial charge in [0.1, 0.15) is 29.9 Å². The molecule has 0 saturated carbocycles. The minimum absolute atomic E-state index is 0.147. The Hall–Kier alpha value is -3.27. The average Bonchev–Trinajstić information content (AvgIpc) is 3.16. The fourth-order valence-electron chi connectivity index (χ4n) is 4.25. The molecule has 0 spiro atoms. The minimum atomic E-state index is -1.11. The van der Waals surface area contributed by atoms with Crippen molar-refractivity contribution < 1.29 is 14.2 Å². The lowest BCUT2D eigenvalue weighted by molar-refractivity contribution is 0.145. The molecule has 2 aromatic heterocycles. The second-order valence-electron chi connectivity index (χ2n) is 8.07. The largest absolute Gasteiger partial charge is 0.496 e. The molecule has 4 aromatic rings. The van der Waals surface area contributed by atoms with Crippen LogP contribution in [-0.4, -0.2) is 39.0 Å². The zero-order valence-corrected chi connectivity index (χ0v) is 20.3. The second-order valence-corrected chi connectivity index (χ2v) is 8.48. The molecule has 8 nitrogen and oxygen atoms in total. The van der Waals surface area contributed by atoms with E-state index in [-0.39, 0.29) is 11.6 Å². The monoisotopic (exact) mass is 484 g/mol. The fourth-order valence-corrected chi connectivity index (χ4v) is 4.47. The first-order valence-corrected chi connectivity index (χ1v) is 11.0. The lowest BCUT2D eigenvalue weighted by Crippen LogP contribution is -2.16. The van der Waals surface area contributed by atoms with Crippen LogP contribution in [-0.2, 0) is 0 Å². The molecule has 2 atom stereocenters. The molecule has 2 unspecified atom stereocenters. The maximum absolute atomic E-state index is 14.9. The van der Waals surface area contributed by atoms with Crippen LogP contribution in [0.3, 0.4) is 0 Å². The number of fused-ring (bicyclic) bond motifs is 1. The summed E-state index contributed by atoms with van der Waals surface area (Å²) in [5.74, 6) is 0.352. The highest BCUT2D eigenvalue weighted by atomic mass is 35.5. The van der Waals surface area contributed by atoms with Gasteiger partial charge in [0.2, 0.25) is 0 Å². The number of aliphatic hydroxyl groups is 1. The molecule has 0 bridgehead atoms. The number of anilines is 1. The number of hydrogen-bond donors (Lipinski definition) is 3. The smallest absolute Gasteiger partial charge is 0.164 e. The number of nitrogens with two attached hydrogens (primary N) is 1. The van der Waals surface area contributed by atoms with Gasteiger partial charge >= 0.3 is 0 Å². The highest BCUT2D eigenvalue weighted by Crippen LogP contribution is 2.44. The Kier molecular flexibility index (Phi) is 6.44. The summed E-state index contributed by atoms with van der Waals surface area (Å²) in [6.07, 6.45) is 0.286. The molecule has 2 aromatic carbocycles. The lowest BCUT2D eigenvalue weighted by atomic mass is 9.93. The molecular weight excluding hydrogens is 459 g/mol. The van der Waals surface area contributed by atoms with Gasteiger partial charge in [-0.25, -0.2) is 19.0 Å². The number of aliphatic hydroxyl groups excluding tert-OH is 1. The third kappa shape index (κ3) is 3.85. The molecule has 4 N–H and O–H groups in total. The van der Waals surface area contributed by atoms with Crippen molar-refractivity contribution in [3.8, 4) is 16.9 Å². The summed E-state index contributed by atoms with van der Waals surface area (Å²) in [6, 6.07) is 6.13. The summed E-state index contributed by atoms with van der Waals surface area (Å²) >= 11 is 6.65. The third-order valence-corrected chi connectivity index (χ3v) is 6.47. The topological polar surface area (TPSA) is 111 Å². The van der Waals surface area contributed by atoms with E-state index in [4.69, 9.17) is 22.1 Å². The Labute approximate surface area is 201 Å². The molecule has 10 heteroatoms. The van der Waals surface area contributed by atoms with Crippen molar-refractivity contribution in [1.29, 1.82) is 0 Å². The molecular formula is C24H26ClFN6O2. The van der Waals surface area contributed by atoms with E-state index < -0.39 is 12.0 Å². The van der Waals surface area contributed by atoms with Gasteiger partial charge < -0.3 is 15.6 Å². The number of aromatic nitrogens is 4. The molecule has 0 amide bonds. The van der Waals surface area contributed by atoms with Crippen LogP contribution in [0, 0.1) is 19.7 Å². The van der Waals surface area contributed by atoms with Crippen LogP contribution >= 0.6 is 11.6 Å². The number of hydrogen-bond acceptors (Lipinski definition) is 7. The van der Waals surface area contributed by atoms with E-state index in [0.717, 1.165) is 11.1 Å². The van der Waals surface area contributed by atoms with E-state index in [1.54, 1.807) is 31.0 Å². The van der Waals surface area contributed by atoms with Crippen molar-refractivity contribution in [2.24, 2.45) is 0 Å². The van der Waals surface area contributed by atoms with Crippen LogP contribution in [0.2, 0.25) is 5.02 Å². The summed E-state index contributed by atoms with van der Waals surface area (Å²) < 4.78 is 22.5. The van der Waals surface area contributed by atoms with E-state index in [1.165, 1.54) is 12.4 Å². The normalized spacial score (nSPS) is 13.3. The molecule has 0 aliphatic carbocycles. The van der Waals surface area contributed by atoms with Gasteiger partial charge in [-0.2, -0.15) is 5.10 Å². The first kappa shape index (κ1) is 23.9. The number of nitrogen functional groups attached to an aromatic ring is 1. The van der Waals surface area contributed by atoms with Gasteiger partial charge in [-0.15, -0.1) is 0 Å². The van der Waals surface area contributed by atoms with Crippen molar-refractivity contribution in [3.63, 3.8) is 0 Å². The Morgan fingerprint density at radius 3 is 2.59 bits per heavy atom. The number of aryl methyl sites for hydroxylation is 1. The van der Waals surface area contributed by atoms with Crippen molar-refractivity contribution in [3.05, 3.63) is 63.8 Å². The van der Waals surface area contributed by atoms with Crippen LogP contribution < -0.4 is 15.8 Å². The van der Waals surface area contributed by atoms with Gasteiger partial charge in [-0.1, -0.05) is 23.7 Å². The first-order valence-electron chi connectivity index (χ1n) is 10.7. The summed E-state index contributed by atoms with van der Waals surface area (Å²) in [7, 11) is 3.11. The predicted molar refractivity (Wildman–Crippen MR) is 130 cm³/mol. The molecule has 2 heterocycles. The number of halogens is 2. The fraction of sp³-hybridized carbons (Fsp3) is 0.292. The minimum Gasteiger partial charge on any atom is -0.496 e. The van der Waals surface area contributed by atoms with Gasteiger partial charge in [-0.3, -0.25) is 5.32 Å². The predicted octanol–water partition coefficient (Wildman–Crippen LogP) is 4.31. The molecule has 0 saturated heterocycles. The molecule has 34 heavy (non-hydrogen) atoms.